The van der Waals surface area contributed by atoms with Gasteiger partial charge in [0.1, 0.15) is 6.04 Å². The molecule has 2 rings (SSSR count). The molecule has 1 aromatic carbocycles. The Balaban J connectivity index is 1.69. The van der Waals surface area contributed by atoms with Gasteiger partial charge in [-0.15, -0.1) is 0 Å². The Kier molecular flexibility index (Phi) is 7.73. The Morgan fingerprint density at radius 2 is 1.84 bits per heavy atom. The molecule has 1 saturated heterocycles. The van der Waals surface area contributed by atoms with Crippen molar-refractivity contribution in [3.63, 3.8) is 0 Å². The van der Waals surface area contributed by atoms with Gasteiger partial charge in [-0.2, -0.15) is 0 Å². The van der Waals surface area contributed by atoms with Crippen LogP contribution in [-0.2, 0) is 9.59 Å². The normalized spacial score (nSPS) is 16.4. The fourth-order valence-corrected chi connectivity index (χ4v) is 3.06. The molecular formula is C19H29N3O3. The number of hydrogen-bond acceptors (Lipinski definition) is 4. The van der Waals surface area contributed by atoms with Crippen LogP contribution >= 0.6 is 0 Å². The Bertz CT molecular complexity index is 542. The van der Waals surface area contributed by atoms with E-state index in [9.17, 15) is 14.7 Å². The van der Waals surface area contributed by atoms with Crippen LogP contribution in [0.15, 0.2) is 30.3 Å². The van der Waals surface area contributed by atoms with E-state index in [0.29, 0.717) is 19.4 Å². The van der Waals surface area contributed by atoms with E-state index in [-0.39, 0.29) is 5.91 Å². The van der Waals surface area contributed by atoms with Crippen molar-refractivity contribution in [3.05, 3.63) is 30.3 Å². The summed E-state index contributed by atoms with van der Waals surface area (Å²) in [6.07, 6.45) is 2.57. The minimum absolute atomic E-state index is 0.172. The first-order valence-electron chi connectivity index (χ1n) is 9.14. The molecule has 0 aliphatic carbocycles. The number of carbonyl (C=O) groups is 2. The number of nitrogens with one attached hydrogen (secondary N) is 1. The highest BCUT2D eigenvalue weighted by atomic mass is 16.4. The molecule has 2 N–H and O–H groups in total. The van der Waals surface area contributed by atoms with Crippen molar-refractivity contribution in [1.29, 1.82) is 0 Å². The Morgan fingerprint density at radius 3 is 2.44 bits per heavy atom. The van der Waals surface area contributed by atoms with Gasteiger partial charge in [-0.1, -0.05) is 38.0 Å². The molecule has 0 saturated carbocycles. The summed E-state index contributed by atoms with van der Waals surface area (Å²) in [6, 6.07) is 9.58. The number of aliphatic carboxylic acids is 1. The molecule has 0 spiro atoms. The molecular weight excluding hydrogens is 318 g/mol. The maximum Gasteiger partial charge on any atom is 0.326 e. The van der Waals surface area contributed by atoms with Crippen molar-refractivity contribution in [1.82, 2.24) is 10.2 Å². The summed E-state index contributed by atoms with van der Waals surface area (Å²) >= 11 is 0. The largest absolute Gasteiger partial charge is 0.480 e. The van der Waals surface area contributed by atoms with Crippen LogP contribution in [0.2, 0.25) is 0 Å². The number of amides is 1. The maximum absolute atomic E-state index is 12.0. The number of carbonyl (C=O) groups excluding carboxylic acids is 1. The van der Waals surface area contributed by atoms with Crippen LogP contribution in [0.5, 0.6) is 0 Å². The second kappa shape index (κ2) is 10.0. The van der Waals surface area contributed by atoms with Gasteiger partial charge in [-0.3, -0.25) is 9.69 Å². The van der Waals surface area contributed by atoms with E-state index in [0.717, 1.165) is 39.0 Å². The molecule has 25 heavy (non-hydrogen) atoms. The van der Waals surface area contributed by atoms with Gasteiger partial charge in [0, 0.05) is 44.8 Å². The third-order valence-corrected chi connectivity index (χ3v) is 4.63. The van der Waals surface area contributed by atoms with Crippen LogP contribution < -0.4 is 10.2 Å². The monoisotopic (exact) mass is 347 g/mol. The first-order chi connectivity index (χ1) is 12.1. The highest BCUT2D eigenvalue weighted by molar-refractivity contribution is 5.83. The lowest BCUT2D eigenvalue weighted by atomic mass is 10.1. The first kappa shape index (κ1) is 19.2. The molecule has 1 aliphatic rings. The van der Waals surface area contributed by atoms with Crippen molar-refractivity contribution in [2.24, 2.45) is 0 Å². The second-order valence-corrected chi connectivity index (χ2v) is 6.51. The molecule has 1 fully saturated rings. The Labute approximate surface area is 149 Å². The summed E-state index contributed by atoms with van der Waals surface area (Å²) in [7, 11) is 0. The van der Waals surface area contributed by atoms with E-state index in [4.69, 9.17) is 0 Å². The van der Waals surface area contributed by atoms with Crippen molar-refractivity contribution in [2.45, 2.75) is 38.6 Å². The van der Waals surface area contributed by atoms with Crippen LogP contribution in [0.3, 0.4) is 0 Å². The average molecular weight is 347 g/mol. The van der Waals surface area contributed by atoms with Gasteiger partial charge in [0.25, 0.3) is 0 Å². The average Bonchev–Trinajstić information content (AvgIpc) is 2.64. The lowest BCUT2D eigenvalue weighted by Crippen LogP contribution is -2.48. The topological polar surface area (TPSA) is 72.9 Å². The van der Waals surface area contributed by atoms with E-state index in [1.165, 1.54) is 5.69 Å². The zero-order chi connectivity index (χ0) is 18.1. The molecule has 0 bridgehead atoms. The van der Waals surface area contributed by atoms with Crippen molar-refractivity contribution < 1.29 is 14.7 Å². The molecule has 1 heterocycles. The summed E-state index contributed by atoms with van der Waals surface area (Å²) in [6.45, 7) is 6.41. The van der Waals surface area contributed by atoms with Crippen molar-refractivity contribution in [2.75, 3.05) is 37.6 Å². The Morgan fingerprint density at radius 1 is 1.16 bits per heavy atom. The van der Waals surface area contributed by atoms with Crippen molar-refractivity contribution >= 4 is 17.6 Å². The molecule has 1 aliphatic heterocycles. The van der Waals surface area contributed by atoms with Crippen LogP contribution in [0, 0.1) is 0 Å². The minimum atomic E-state index is -0.946. The van der Waals surface area contributed by atoms with Gasteiger partial charge in [0.15, 0.2) is 0 Å². The zero-order valence-corrected chi connectivity index (χ0v) is 15.0. The summed E-state index contributed by atoms with van der Waals surface area (Å²) in [4.78, 5) is 27.8. The highest BCUT2D eigenvalue weighted by Gasteiger charge is 2.21. The molecule has 1 atom stereocenters. The first-order valence-corrected chi connectivity index (χ1v) is 9.14. The van der Waals surface area contributed by atoms with Crippen LogP contribution in [0.1, 0.15) is 32.6 Å². The standard InChI is InChI=1S/C19H29N3O3/c1-2-3-9-17(19(24)25)20-18(23)10-11-21-12-14-22(15-13-21)16-7-5-4-6-8-16/h4-8,17H,2-3,9-15H2,1H3,(H,20,23)(H,24,25). The number of rotatable bonds is 9. The number of carboxylic acids is 1. The lowest BCUT2D eigenvalue weighted by Gasteiger charge is -2.36. The highest BCUT2D eigenvalue weighted by Crippen LogP contribution is 2.15. The quantitative estimate of drug-likeness (QED) is 0.714. The smallest absolute Gasteiger partial charge is 0.326 e. The predicted octanol–water partition coefficient (Wildman–Crippen LogP) is 1.96. The lowest BCUT2D eigenvalue weighted by molar-refractivity contribution is -0.142. The number of unbranched alkanes of at least 4 members (excludes halogenated alkanes) is 1. The summed E-state index contributed by atoms with van der Waals surface area (Å²) in [5.41, 5.74) is 1.24. The number of benzene rings is 1. The van der Waals surface area contributed by atoms with Gasteiger partial charge in [0.05, 0.1) is 0 Å². The summed E-state index contributed by atoms with van der Waals surface area (Å²) in [5.74, 6) is -1.12. The molecule has 1 unspecified atom stereocenters. The molecule has 138 valence electrons. The number of carboxylic acid groups (broad SMARTS) is 1. The van der Waals surface area contributed by atoms with E-state index >= 15 is 0 Å². The fourth-order valence-electron chi connectivity index (χ4n) is 3.06. The predicted molar refractivity (Wildman–Crippen MR) is 98.8 cm³/mol. The molecule has 0 aromatic heterocycles. The number of anilines is 1. The molecule has 6 heteroatoms. The fraction of sp³-hybridized carbons (Fsp3) is 0.579. The zero-order valence-electron chi connectivity index (χ0n) is 15.0. The van der Waals surface area contributed by atoms with Crippen LogP contribution in [-0.4, -0.2) is 60.6 Å². The number of nitrogens with zero attached hydrogens (tertiary/aromatic N) is 2. The number of para-hydroxylation sites is 1. The summed E-state index contributed by atoms with van der Waals surface area (Å²) < 4.78 is 0. The SMILES string of the molecule is CCCCC(NC(=O)CCN1CCN(c2ccccc2)CC1)C(=O)O. The molecule has 0 radical (unpaired) electrons. The van der Waals surface area contributed by atoms with E-state index < -0.39 is 12.0 Å². The molecule has 1 aromatic rings. The van der Waals surface area contributed by atoms with Gasteiger partial charge in [-0.25, -0.2) is 4.79 Å². The van der Waals surface area contributed by atoms with Gasteiger partial charge in [0.2, 0.25) is 5.91 Å². The maximum atomic E-state index is 12.0. The third kappa shape index (κ3) is 6.38. The molecule has 6 nitrogen and oxygen atoms in total. The number of hydrogen-bond donors (Lipinski definition) is 2. The number of piperazine rings is 1. The minimum Gasteiger partial charge on any atom is -0.480 e. The van der Waals surface area contributed by atoms with Crippen molar-refractivity contribution in [3.8, 4) is 0 Å². The van der Waals surface area contributed by atoms with E-state index in [1.807, 2.05) is 25.1 Å². The van der Waals surface area contributed by atoms with E-state index in [1.54, 1.807) is 0 Å². The summed E-state index contributed by atoms with van der Waals surface area (Å²) in [5, 5.41) is 11.8. The Hall–Kier alpha value is -2.08. The van der Waals surface area contributed by atoms with Crippen LogP contribution in [0.25, 0.3) is 0 Å². The van der Waals surface area contributed by atoms with Gasteiger partial charge >= 0.3 is 5.97 Å². The second-order valence-electron chi connectivity index (χ2n) is 6.51. The van der Waals surface area contributed by atoms with Crippen LogP contribution in [0.4, 0.5) is 5.69 Å². The molecule has 1 amide bonds. The van der Waals surface area contributed by atoms with Gasteiger partial charge < -0.3 is 15.3 Å². The van der Waals surface area contributed by atoms with Gasteiger partial charge in [-0.05, 0) is 18.6 Å². The third-order valence-electron chi connectivity index (χ3n) is 4.63. The van der Waals surface area contributed by atoms with E-state index in [2.05, 4.69) is 27.2 Å².